The van der Waals surface area contributed by atoms with Crippen molar-refractivity contribution in [3.63, 3.8) is 0 Å². The lowest BCUT2D eigenvalue weighted by atomic mass is 10.1. The van der Waals surface area contributed by atoms with Crippen LogP contribution in [-0.2, 0) is 0 Å². The Balaban J connectivity index is 1.53. The second kappa shape index (κ2) is 6.55. The smallest absolute Gasteiger partial charge is 0.139 e. The van der Waals surface area contributed by atoms with E-state index < -0.39 is 0 Å². The van der Waals surface area contributed by atoms with E-state index >= 15 is 0 Å². The van der Waals surface area contributed by atoms with Gasteiger partial charge in [-0.25, -0.2) is 9.97 Å². The van der Waals surface area contributed by atoms with Crippen LogP contribution in [0.1, 0.15) is 25.7 Å². The number of hydrogen-bond acceptors (Lipinski definition) is 5. The second-order valence-corrected chi connectivity index (χ2v) is 7.25. The summed E-state index contributed by atoms with van der Waals surface area (Å²) < 4.78 is 0. The average Bonchev–Trinajstić information content (AvgIpc) is 3.15. The van der Waals surface area contributed by atoms with Gasteiger partial charge in [-0.15, -0.1) is 0 Å². The van der Waals surface area contributed by atoms with Gasteiger partial charge in [0, 0.05) is 57.4 Å². The maximum atomic E-state index is 4.45. The van der Waals surface area contributed by atoms with E-state index in [2.05, 4.69) is 42.9 Å². The van der Waals surface area contributed by atoms with Crippen molar-refractivity contribution in [2.75, 3.05) is 50.1 Å². The predicted molar refractivity (Wildman–Crippen MR) is 99.9 cm³/mol. The molecule has 2 aromatic rings. The molecule has 1 aromatic heterocycles. The number of aromatic nitrogens is 2. The zero-order valence-corrected chi connectivity index (χ0v) is 14.8. The Hall–Kier alpha value is -1.88. The molecule has 2 aliphatic rings. The molecule has 0 unspecified atom stereocenters. The van der Waals surface area contributed by atoms with Crippen molar-refractivity contribution in [2.45, 2.75) is 31.7 Å². The van der Waals surface area contributed by atoms with Crippen LogP contribution in [-0.4, -0.2) is 61.2 Å². The fraction of sp³-hybridized carbons (Fsp3) is 0.579. The summed E-state index contributed by atoms with van der Waals surface area (Å²) in [6.45, 7) is 4.61. The zero-order chi connectivity index (χ0) is 16.5. The van der Waals surface area contributed by atoms with E-state index in [4.69, 9.17) is 0 Å². The topological polar surface area (TPSA) is 35.5 Å². The Labute approximate surface area is 144 Å². The van der Waals surface area contributed by atoms with Crippen molar-refractivity contribution in [3.8, 4) is 0 Å². The first kappa shape index (κ1) is 15.6. The summed E-state index contributed by atoms with van der Waals surface area (Å²) >= 11 is 0. The summed E-state index contributed by atoms with van der Waals surface area (Å²) in [7, 11) is 4.07. The zero-order valence-electron chi connectivity index (χ0n) is 14.8. The van der Waals surface area contributed by atoms with Crippen LogP contribution in [0.2, 0.25) is 0 Å². The third kappa shape index (κ3) is 2.93. The molecule has 0 atom stereocenters. The number of fused-ring (bicyclic) bond motifs is 1. The summed E-state index contributed by atoms with van der Waals surface area (Å²) in [5, 5.41) is 1.14. The van der Waals surface area contributed by atoms with Crippen LogP contribution in [0.25, 0.3) is 10.9 Å². The summed E-state index contributed by atoms with van der Waals surface area (Å²) in [5.74, 6) is 0.992. The van der Waals surface area contributed by atoms with Gasteiger partial charge >= 0.3 is 0 Å². The molecule has 1 aliphatic carbocycles. The van der Waals surface area contributed by atoms with Crippen molar-refractivity contribution in [1.82, 2.24) is 14.9 Å². The molecule has 0 bridgehead atoms. The molecule has 0 amide bonds. The lowest BCUT2D eigenvalue weighted by Crippen LogP contribution is -2.49. The minimum Gasteiger partial charge on any atom is -0.369 e. The van der Waals surface area contributed by atoms with Crippen molar-refractivity contribution in [3.05, 3.63) is 24.5 Å². The maximum Gasteiger partial charge on any atom is 0.139 e. The number of benzene rings is 1. The molecule has 1 aliphatic heterocycles. The third-order valence-corrected chi connectivity index (χ3v) is 5.54. The van der Waals surface area contributed by atoms with Gasteiger partial charge in [0.15, 0.2) is 0 Å². The van der Waals surface area contributed by atoms with E-state index in [0.717, 1.165) is 35.9 Å². The summed E-state index contributed by atoms with van der Waals surface area (Å²) in [5.41, 5.74) is 2.31. The Morgan fingerprint density at radius 3 is 2.46 bits per heavy atom. The maximum absolute atomic E-state index is 4.45. The molecule has 5 nitrogen and oxygen atoms in total. The van der Waals surface area contributed by atoms with Gasteiger partial charge in [0.05, 0.1) is 5.52 Å². The van der Waals surface area contributed by atoms with Crippen LogP contribution in [0.15, 0.2) is 24.5 Å². The van der Waals surface area contributed by atoms with Gasteiger partial charge in [-0.1, -0.05) is 12.8 Å². The normalized spacial score (nSPS) is 20.0. The first-order valence-corrected chi connectivity index (χ1v) is 9.13. The van der Waals surface area contributed by atoms with Gasteiger partial charge in [0.1, 0.15) is 12.1 Å². The highest BCUT2D eigenvalue weighted by Crippen LogP contribution is 2.29. The Bertz CT molecular complexity index is 700. The molecule has 0 radical (unpaired) electrons. The summed E-state index contributed by atoms with van der Waals surface area (Å²) in [6, 6.07) is 7.44. The van der Waals surface area contributed by atoms with Crippen molar-refractivity contribution in [1.29, 1.82) is 0 Å². The van der Waals surface area contributed by atoms with Crippen molar-refractivity contribution >= 4 is 22.4 Å². The summed E-state index contributed by atoms with van der Waals surface area (Å²) in [4.78, 5) is 16.1. The molecule has 4 rings (SSSR count). The molecular formula is C19H27N5. The van der Waals surface area contributed by atoms with Gasteiger partial charge in [-0.3, -0.25) is 4.90 Å². The standard InChI is InChI=1S/C19H27N5/c1-22(2)19-17-13-16(7-8-18(17)20-14-21-19)24-11-9-23(10-12-24)15-5-3-4-6-15/h7-8,13-15H,3-6,9-12H2,1-2H3. The van der Waals surface area contributed by atoms with E-state index in [1.54, 1.807) is 6.33 Å². The van der Waals surface area contributed by atoms with Gasteiger partial charge in [-0.05, 0) is 31.0 Å². The highest BCUT2D eigenvalue weighted by molar-refractivity contribution is 5.91. The van der Waals surface area contributed by atoms with Gasteiger partial charge in [-0.2, -0.15) is 0 Å². The number of piperazine rings is 1. The molecule has 2 fully saturated rings. The lowest BCUT2D eigenvalue weighted by molar-refractivity contribution is 0.187. The molecule has 5 heteroatoms. The average molecular weight is 325 g/mol. The second-order valence-electron chi connectivity index (χ2n) is 7.25. The van der Waals surface area contributed by atoms with Crippen LogP contribution < -0.4 is 9.80 Å². The van der Waals surface area contributed by atoms with Crippen LogP contribution in [0.5, 0.6) is 0 Å². The first-order chi connectivity index (χ1) is 11.7. The molecule has 0 spiro atoms. The van der Waals surface area contributed by atoms with E-state index in [1.165, 1.54) is 44.5 Å². The fourth-order valence-electron chi connectivity index (χ4n) is 4.20. The van der Waals surface area contributed by atoms with Crippen LogP contribution in [0.3, 0.4) is 0 Å². The molecule has 1 aromatic carbocycles. The van der Waals surface area contributed by atoms with E-state index in [-0.39, 0.29) is 0 Å². The SMILES string of the molecule is CN(C)c1ncnc2ccc(N3CCN(C4CCCC4)CC3)cc12. The van der Waals surface area contributed by atoms with Crippen molar-refractivity contribution in [2.24, 2.45) is 0 Å². The summed E-state index contributed by atoms with van der Waals surface area (Å²) in [6.07, 6.45) is 7.29. The molecule has 1 saturated carbocycles. The Morgan fingerprint density at radius 1 is 1.00 bits per heavy atom. The monoisotopic (exact) mass is 325 g/mol. The van der Waals surface area contributed by atoms with E-state index in [1.807, 2.05) is 14.1 Å². The predicted octanol–water partition coefficient (Wildman–Crippen LogP) is 2.76. The number of nitrogens with zero attached hydrogens (tertiary/aromatic N) is 5. The largest absolute Gasteiger partial charge is 0.369 e. The molecular weight excluding hydrogens is 298 g/mol. The van der Waals surface area contributed by atoms with Gasteiger partial charge in [0.25, 0.3) is 0 Å². The number of rotatable bonds is 3. The van der Waals surface area contributed by atoms with Crippen LogP contribution in [0.4, 0.5) is 11.5 Å². The molecule has 2 heterocycles. The molecule has 24 heavy (non-hydrogen) atoms. The van der Waals surface area contributed by atoms with Crippen LogP contribution in [0, 0.1) is 0 Å². The highest BCUT2D eigenvalue weighted by Gasteiger charge is 2.26. The molecule has 1 saturated heterocycles. The third-order valence-electron chi connectivity index (χ3n) is 5.54. The minimum absolute atomic E-state index is 0.845. The number of hydrogen-bond donors (Lipinski definition) is 0. The fourth-order valence-corrected chi connectivity index (χ4v) is 4.20. The Morgan fingerprint density at radius 2 is 1.75 bits per heavy atom. The van der Waals surface area contributed by atoms with Gasteiger partial charge in [0.2, 0.25) is 0 Å². The Kier molecular flexibility index (Phi) is 4.27. The molecule has 0 N–H and O–H groups in total. The molecule has 128 valence electrons. The van der Waals surface area contributed by atoms with Gasteiger partial charge < -0.3 is 9.80 Å². The quantitative estimate of drug-likeness (QED) is 0.867. The van der Waals surface area contributed by atoms with E-state index in [0.29, 0.717) is 0 Å². The first-order valence-electron chi connectivity index (χ1n) is 9.13. The number of anilines is 2. The minimum atomic E-state index is 0.845. The lowest BCUT2D eigenvalue weighted by Gasteiger charge is -2.39. The van der Waals surface area contributed by atoms with Crippen molar-refractivity contribution < 1.29 is 0 Å². The van der Waals surface area contributed by atoms with Crippen LogP contribution >= 0.6 is 0 Å². The van der Waals surface area contributed by atoms with E-state index in [9.17, 15) is 0 Å². The highest BCUT2D eigenvalue weighted by atomic mass is 15.3.